The smallest absolute Gasteiger partial charge is 0.0746 e. The second-order valence-corrected chi connectivity index (χ2v) is 5.84. The van der Waals surface area contributed by atoms with Gasteiger partial charge in [0, 0.05) is 18.8 Å². The standard InChI is InChI=1S/C15H25N3O/c1-3-12(16)14(13-7-4-5-9-17-13)18-10-6-8-15(2,19)11-18/h4-5,7,9,12,14,19H,3,6,8,10-11,16H2,1-2H3. The number of nitrogens with zero attached hydrogens (tertiary/aromatic N) is 2. The van der Waals surface area contributed by atoms with Gasteiger partial charge in [-0.15, -0.1) is 0 Å². The molecule has 106 valence electrons. The number of hydrogen-bond donors (Lipinski definition) is 2. The van der Waals surface area contributed by atoms with E-state index < -0.39 is 5.60 Å². The summed E-state index contributed by atoms with van der Waals surface area (Å²) in [5, 5.41) is 10.3. The molecule has 1 aromatic heterocycles. The van der Waals surface area contributed by atoms with E-state index in [0.29, 0.717) is 6.54 Å². The van der Waals surface area contributed by atoms with Crippen LogP contribution in [0.25, 0.3) is 0 Å². The highest BCUT2D eigenvalue weighted by molar-refractivity contribution is 5.12. The predicted molar refractivity (Wildman–Crippen MR) is 76.7 cm³/mol. The molecule has 1 aliphatic heterocycles. The molecule has 1 fully saturated rings. The van der Waals surface area contributed by atoms with E-state index in [0.717, 1.165) is 31.5 Å². The van der Waals surface area contributed by atoms with Crippen molar-refractivity contribution < 1.29 is 5.11 Å². The van der Waals surface area contributed by atoms with Crippen molar-refractivity contribution in [2.75, 3.05) is 13.1 Å². The Morgan fingerprint density at radius 3 is 2.89 bits per heavy atom. The summed E-state index contributed by atoms with van der Waals surface area (Å²) in [6, 6.07) is 6.09. The summed E-state index contributed by atoms with van der Waals surface area (Å²) in [6.07, 6.45) is 4.58. The third-order valence-electron chi connectivity index (χ3n) is 3.97. The number of likely N-dealkylation sites (tertiary alicyclic amines) is 1. The van der Waals surface area contributed by atoms with Crippen molar-refractivity contribution in [2.24, 2.45) is 5.73 Å². The molecule has 0 bridgehead atoms. The third kappa shape index (κ3) is 3.53. The molecule has 1 saturated heterocycles. The third-order valence-corrected chi connectivity index (χ3v) is 3.97. The molecule has 2 rings (SSSR count). The Morgan fingerprint density at radius 1 is 1.53 bits per heavy atom. The van der Waals surface area contributed by atoms with Crippen LogP contribution in [-0.4, -0.2) is 39.7 Å². The van der Waals surface area contributed by atoms with Gasteiger partial charge in [-0.1, -0.05) is 13.0 Å². The van der Waals surface area contributed by atoms with E-state index in [-0.39, 0.29) is 12.1 Å². The van der Waals surface area contributed by atoms with E-state index in [9.17, 15) is 5.11 Å². The largest absolute Gasteiger partial charge is 0.389 e. The molecule has 3 atom stereocenters. The summed E-state index contributed by atoms with van der Waals surface area (Å²) >= 11 is 0. The number of β-amino-alcohol motifs (C(OH)–C–C–N with tert-alkyl or cyclic N) is 1. The topological polar surface area (TPSA) is 62.4 Å². The molecule has 0 aromatic carbocycles. The lowest BCUT2D eigenvalue weighted by atomic mass is 9.91. The highest BCUT2D eigenvalue weighted by Gasteiger charge is 2.35. The van der Waals surface area contributed by atoms with Crippen LogP contribution in [0.2, 0.25) is 0 Å². The maximum Gasteiger partial charge on any atom is 0.0746 e. The normalized spacial score (nSPS) is 28.0. The summed E-state index contributed by atoms with van der Waals surface area (Å²) in [5.41, 5.74) is 6.70. The lowest BCUT2D eigenvalue weighted by Gasteiger charge is -2.42. The summed E-state index contributed by atoms with van der Waals surface area (Å²) in [6.45, 7) is 5.65. The average Bonchev–Trinajstić information content (AvgIpc) is 2.39. The maximum absolute atomic E-state index is 10.3. The quantitative estimate of drug-likeness (QED) is 0.868. The van der Waals surface area contributed by atoms with E-state index in [4.69, 9.17) is 5.73 Å². The summed E-state index contributed by atoms with van der Waals surface area (Å²) in [7, 11) is 0. The number of nitrogens with two attached hydrogens (primary N) is 1. The molecule has 1 aliphatic rings. The fourth-order valence-corrected chi connectivity index (χ4v) is 2.95. The van der Waals surface area contributed by atoms with Crippen molar-refractivity contribution >= 4 is 0 Å². The number of pyridine rings is 1. The second-order valence-electron chi connectivity index (χ2n) is 5.84. The van der Waals surface area contributed by atoms with Crippen molar-refractivity contribution in [1.82, 2.24) is 9.88 Å². The van der Waals surface area contributed by atoms with Crippen LogP contribution in [0, 0.1) is 0 Å². The molecule has 2 heterocycles. The Labute approximate surface area is 115 Å². The zero-order valence-corrected chi connectivity index (χ0v) is 11.9. The molecule has 1 aromatic rings. The minimum Gasteiger partial charge on any atom is -0.389 e. The Hall–Kier alpha value is -0.970. The average molecular weight is 263 g/mol. The van der Waals surface area contributed by atoms with Gasteiger partial charge in [-0.05, 0) is 44.9 Å². The fraction of sp³-hybridized carbons (Fsp3) is 0.667. The molecule has 0 aliphatic carbocycles. The Balaban J connectivity index is 2.23. The van der Waals surface area contributed by atoms with Crippen molar-refractivity contribution in [2.45, 2.75) is 50.8 Å². The maximum atomic E-state index is 10.3. The number of aromatic nitrogens is 1. The van der Waals surface area contributed by atoms with Gasteiger partial charge in [0.15, 0.2) is 0 Å². The summed E-state index contributed by atoms with van der Waals surface area (Å²) in [5.74, 6) is 0. The number of aliphatic hydroxyl groups is 1. The molecule has 0 amide bonds. The van der Waals surface area contributed by atoms with Gasteiger partial charge in [-0.25, -0.2) is 0 Å². The van der Waals surface area contributed by atoms with Crippen LogP contribution >= 0.6 is 0 Å². The van der Waals surface area contributed by atoms with Gasteiger partial charge in [0.1, 0.15) is 0 Å². The fourth-order valence-electron chi connectivity index (χ4n) is 2.95. The van der Waals surface area contributed by atoms with Crippen LogP contribution in [0.1, 0.15) is 44.8 Å². The predicted octanol–water partition coefficient (Wildman–Crippen LogP) is 1.71. The summed E-state index contributed by atoms with van der Waals surface area (Å²) in [4.78, 5) is 6.76. The lowest BCUT2D eigenvalue weighted by Crippen LogP contribution is -2.51. The first-order valence-electron chi connectivity index (χ1n) is 7.16. The highest BCUT2D eigenvalue weighted by Crippen LogP contribution is 2.30. The van der Waals surface area contributed by atoms with Gasteiger partial charge < -0.3 is 10.8 Å². The molecule has 3 unspecified atom stereocenters. The Bertz CT molecular complexity index is 394. The highest BCUT2D eigenvalue weighted by atomic mass is 16.3. The molecule has 3 N–H and O–H groups in total. The van der Waals surface area contributed by atoms with E-state index in [1.807, 2.05) is 31.3 Å². The molecule has 0 saturated carbocycles. The zero-order valence-electron chi connectivity index (χ0n) is 11.9. The molecule has 4 nitrogen and oxygen atoms in total. The van der Waals surface area contributed by atoms with Crippen molar-refractivity contribution in [3.63, 3.8) is 0 Å². The first-order chi connectivity index (χ1) is 9.03. The Morgan fingerprint density at radius 2 is 2.32 bits per heavy atom. The van der Waals surface area contributed by atoms with Crippen LogP contribution in [-0.2, 0) is 0 Å². The zero-order chi connectivity index (χ0) is 13.9. The number of rotatable bonds is 4. The van der Waals surface area contributed by atoms with E-state index >= 15 is 0 Å². The van der Waals surface area contributed by atoms with Crippen molar-refractivity contribution in [3.05, 3.63) is 30.1 Å². The van der Waals surface area contributed by atoms with Gasteiger partial charge >= 0.3 is 0 Å². The lowest BCUT2D eigenvalue weighted by molar-refractivity contribution is -0.0349. The number of hydrogen-bond acceptors (Lipinski definition) is 4. The van der Waals surface area contributed by atoms with Crippen LogP contribution in [0.15, 0.2) is 24.4 Å². The van der Waals surface area contributed by atoms with Gasteiger partial charge in [-0.3, -0.25) is 9.88 Å². The molecule has 4 heteroatoms. The number of piperidine rings is 1. The molecule has 19 heavy (non-hydrogen) atoms. The molecular formula is C15H25N3O. The minimum atomic E-state index is -0.612. The first kappa shape index (κ1) is 14.4. The van der Waals surface area contributed by atoms with Crippen molar-refractivity contribution in [1.29, 1.82) is 0 Å². The first-order valence-corrected chi connectivity index (χ1v) is 7.16. The summed E-state index contributed by atoms with van der Waals surface area (Å²) < 4.78 is 0. The van der Waals surface area contributed by atoms with Crippen LogP contribution < -0.4 is 5.73 Å². The van der Waals surface area contributed by atoms with Gasteiger partial charge in [-0.2, -0.15) is 0 Å². The van der Waals surface area contributed by atoms with Crippen LogP contribution in [0.4, 0.5) is 0 Å². The Kier molecular flexibility index (Phi) is 4.55. The van der Waals surface area contributed by atoms with Gasteiger partial charge in [0.25, 0.3) is 0 Å². The van der Waals surface area contributed by atoms with E-state index in [1.54, 1.807) is 0 Å². The SMILES string of the molecule is CCC(N)C(c1ccccn1)N1CCCC(C)(O)C1. The van der Waals surface area contributed by atoms with Crippen molar-refractivity contribution in [3.8, 4) is 0 Å². The van der Waals surface area contributed by atoms with Gasteiger partial charge in [0.2, 0.25) is 0 Å². The molecule has 0 spiro atoms. The van der Waals surface area contributed by atoms with Crippen LogP contribution in [0.5, 0.6) is 0 Å². The van der Waals surface area contributed by atoms with Gasteiger partial charge in [0.05, 0.1) is 17.3 Å². The molecular weight excluding hydrogens is 238 g/mol. The second kappa shape index (κ2) is 5.99. The molecule has 0 radical (unpaired) electrons. The monoisotopic (exact) mass is 263 g/mol. The van der Waals surface area contributed by atoms with E-state index in [1.165, 1.54) is 0 Å². The minimum absolute atomic E-state index is 0.0452. The van der Waals surface area contributed by atoms with Crippen LogP contribution in [0.3, 0.4) is 0 Å². The van der Waals surface area contributed by atoms with E-state index in [2.05, 4.69) is 16.8 Å².